The van der Waals surface area contributed by atoms with Crippen LogP contribution in [-0.2, 0) is 42.8 Å². The summed E-state index contributed by atoms with van der Waals surface area (Å²) in [4.78, 5) is 66.0. The van der Waals surface area contributed by atoms with Crippen LogP contribution in [0.1, 0.15) is 139 Å². The highest BCUT2D eigenvalue weighted by Crippen LogP contribution is 2.36. The van der Waals surface area contributed by atoms with E-state index < -0.39 is 17.9 Å². The van der Waals surface area contributed by atoms with Crippen molar-refractivity contribution in [1.82, 2.24) is 0 Å². The Hall–Kier alpha value is -5.14. The van der Waals surface area contributed by atoms with Crippen molar-refractivity contribution >= 4 is 60.6 Å². The van der Waals surface area contributed by atoms with Crippen molar-refractivity contribution in [3.63, 3.8) is 0 Å². The third kappa shape index (κ3) is 21.1. The molecule has 3 unspecified atom stereocenters. The molecule has 0 amide bonds. The van der Waals surface area contributed by atoms with Crippen molar-refractivity contribution in [3.8, 4) is 0 Å². The number of halogens is 2. The molecular weight excluding hydrogens is 889 g/mol. The molecule has 0 saturated carbocycles. The summed E-state index contributed by atoms with van der Waals surface area (Å²) in [6.45, 7) is 10.5. The first-order chi connectivity index (χ1) is 30.1. The molecule has 0 fully saturated rings. The van der Waals surface area contributed by atoms with Gasteiger partial charge in [-0.3, -0.25) is 14.4 Å². The fourth-order valence-corrected chi connectivity index (χ4v) is 6.33. The first-order valence-corrected chi connectivity index (χ1v) is 21.0. The summed E-state index contributed by atoms with van der Waals surface area (Å²) in [5.41, 5.74) is 19.6. The Morgan fingerprint density at radius 3 is 1.11 bits per heavy atom. The number of carbonyl (C=O) groups is 6. The first kappa shape index (κ1) is 59.9. The van der Waals surface area contributed by atoms with Crippen LogP contribution >= 0.6 is 24.8 Å². The number of esters is 5. The number of cyclic esters (lactones) is 3. The standard InChI is InChI=1S/2C14H17NO4.C12H14O3.C4H10O.C2H5NO2.2ClH/c2*1-9(18-13(16)8-15)6-7-12-10-4-2-3-5-11(10)14(17)19-12;1-8(13)6-7-11-9-4-2-3-5-10(9)12(14)15-11;1-3-5-4-2;3-1-2(4)5;;/h2*2-5,9,12H,6-8,15H2,1H3;2-5,8,11,13H,6-7H2,1H3;3-4H2,1-2H3;1,3H2,(H,4,5);2*1H/t2*9?,12-;8?,11-;;;;/m000..../s1. The SMILES string of the molecule is CC(CC[C@@H]1OC(=O)c2ccccc21)OC(=O)CN.CC(CC[C@@H]1OC(=O)c2ccccc21)OC(=O)CN.CC(O)CC[C@@H]1OC(=O)c2ccccc21.CCOCC.Cl.Cl.NCC(=O)O. The van der Waals surface area contributed by atoms with Gasteiger partial charge in [-0.25, -0.2) is 14.4 Å². The van der Waals surface area contributed by atoms with Crippen LogP contribution in [0.15, 0.2) is 72.8 Å². The summed E-state index contributed by atoms with van der Waals surface area (Å²) in [5.74, 6) is -2.63. The second kappa shape index (κ2) is 32.5. The van der Waals surface area contributed by atoms with Gasteiger partial charge >= 0.3 is 35.8 Å². The normalized spacial score (nSPS) is 16.9. The van der Waals surface area contributed by atoms with E-state index in [1.165, 1.54) is 0 Å². The number of carboxylic acids is 1. The van der Waals surface area contributed by atoms with Crippen LogP contribution in [0.2, 0.25) is 0 Å². The lowest BCUT2D eigenvalue weighted by atomic mass is 10.0. The smallest absolute Gasteiger partial charge is 0.339 e. The molecule has 362 valence electrons. The van der Waals surface area contributed by atoms with E-state index in [2.05, 4.69) is 5.73 Å². The van der Waals surface area contributed by atoms with Crippen molar-refractivity contribution < 1.29 is 67.4 Å². The number of carbonyl (C=O) groups excluding carboxylic acids is 5. The van der Waals surface area contributed by atoms with Crippen molar-refractivity contribution in [2.75, 3.05) is 32.8 Å². The summed E-state index contributed by atoms with van der Waals surface area (Å²) < 4.78 is 30.8. The maximum atomic E-state index is 11.6. The summed E-state index contributed by atoms with van der Waals surface area (Å²) in [5, 5.41) is 16.8. The molecule has 0 bridgehead atoms. The topological polar surface area (TPSA) is 276 Å². The third-order valence-corrected chi connectivity index (χ3v) is 9.43. The van der Waals surface area contributed by atoms with E-state index in [0.29, 0.717) is 55.2 Å². The van der Waals surface area contributed by atoms with Crippen LogP contribution in [0.4, 0.5) is 0 Å². The molecule has 6 atom stereocenters. The Morgan fingerprint density at radius 2 is 0.862 bits per heavy atom. The second-order valence-corrected chi connectivity index (χ2v) is 14.4. The molecule has 3 aliphatic heterocycles. The van der Waals surface area contributed by atoms with E-state index in [4.69, 9.17) is 45.0 Å². The number of nitrogens with two attached hydrogens (primary N) is 3. The molecule has 19 heteroatoms. The van der Waals surface area contributed by atoms with Gasteiger partial charge in [0.2, 0.25) is 0 Å². The number of hydrogen-bond acceptors (Lipinski definition) is 16. The Labute approximate surface area is 392 Å². The highest BCUT2D eigenvalue weighted by atomic mass is 35.5. The summed E-state index contributed by atoms with van der Waals surface area (Å²) in [7, 11) is 0. The average Bonchev–Trinajstić information content (AvgIpc) is 3.91. The number of benzene rings is 3. The van der Waals surface area contributed by atoms with E-state index in [9.17, 15) is 33.9 Å². The number of hydrogen-bond donors (Lipinski definition) is 5. The van der Waals surface area contributed by atoms with Gasteiger partial charge in [0, 0.05) is 29.9 Å². The highest BCUT2D eigenvalue weighted by Gasteiger charge is 2.32. The predicted molar refractivity (Wildman–Crippen MR) is 246 cm³/mol. The summed E-state index contributed by atoms with van der Waals surface area (Å²) in [6, 6.07) is 22.1. The molecule has 3 aliphatic rings. The minimum atomic E-state index is -0.968. The highest BCUT2D eigenvalue weighted by molar-refractivity contribution is 5.95. The molecule has 0 spiro atoms. The Bertz CT molecular complexity index is 1840. The van der Waals surface area contributed by atoms with E-state index in [1.54, 1.807) is 39.0 Å². The number of aliphatic hydroxyl groups excluding tert-OH is 1. The number of aliphatic hydroxyl groups is 1. The molecule has 3 aromatic rings. The first-order valence-electron chi connectivity index (χ1n) is 21.0. The van der Waals surface area contributed by atoms with Crippen molar-refractivity contribution in [2.45, 2.75) is 110 Å². The molecule has 3 heterocycles. The lowest BCUT2D eigenvalue weighted by Crippen LogP contribution is -2.22. The Balaban J connectivity index is 0.000000847. The monoisotopic (exact) mass is 953 g/mol. The number of carboxylic acid groups (broad SMARTS) is 1. The van der Waals surface area contributed by atoms with Gasteiger partial charge in [0.1, 0.15) is 18.3 Å². The summed E-state index contributed by atoms with van der Waals surface area (Å²) in [6.07, 6.45) is 2.34. The zero-order chi connectivity index (χ0) is 46.9. The van der Waals surface area contributed by atoms with E-state index >= 15 is 0 Å². The van der Waals surface area contributed by atoms with Gasteiger partial charge in [-0.15, -0.1) is 24.8 Å². The molecule has 65 heavy (non-hydrogen) atoms. The van der Waals surface area contributed by atoms with Crippen LogP contribution < -0.4 is 17.2 Å². The van der Waals surface area contributed by atoms with Gasteiger partial charge in [-0.1, -0.05) is 54.6 Å². The molecule has 0 saturated heterocycles. The van der Waals surface area contributed by atoms with Gasteiger partial charge < -0.3 is 55.8 Å². The number of ether oxygens (including phenoxy) is 6. The van der Waals surface area contributed by atoms with Crippen LogP contribution in [0, 0.1) is 0 Å². The fourth-order valence-electron chi connectivity index (χ4n) is 6.33. The number of aliphatic carboxylic acids is 1. The molecule has 0 aliphatic carbocycles. The lowest BCUT2D eigenvalue weighted by Gasteiger charge is -2.15. The van der Waals surface area contributed by atoms with E-state index in [1.807, 2.05) is 68.4 Å². The van der Waals surface area contributed by atoms with Gasteiger partial charge in [0.05, 0.1) is 54.6 Å². The van der Waals surface area contributed by atoms with Crippen LogP contribution in [0.5, 0.6) is 0 Å². The second-order valence-electron chi connectivity index (χ2n) is 14.4. The minimum Gasteiger partial charge on any atom is -0.480 e. The van der Waals surface area contributed by atoms with Gasteiger partial charge in [0.15, 0.2) is 0 Å². The quantitative estimate of drug-likeness (QED) is 0.0800. The third-order valence-electron chi connectivity index (χ3n) is 9.43. The van der Waals surface area contributed by atoms with Crippen molar-refractivity contribution in [3.05, 3.63) is 106 Å². The minimum absolute atomic E-state index is 0. The molecule has 17 nitrogen and oxygen atoms in total. The maximum Gasteiger partial charge on any atom is 0.339 e. The molecule has 0 aromatic heterocycles. The van der Waals surface area contributed by atoms with Gasteiger partial charge in [-0.05, 0) is 91.3 Å². The summed E-state index contributed by atoms with van der Waals surface area (Å²) >= 11 is 0. The van der Waals surface area contributed by atoms with Crippen molar-refractivity contribution in [2.24, 2.45) is 17.2 Å². The fraction of sp³-hybridized carbons (Fsp3) is 0.478. The molecular formula is C46H65Cl2N3O14. The van der Waals surface area contributed by atoms with Crippen molar-refractivity contribution in [1.29, 1.82) is 0 Å². The average molecular weight is 955 g/mol. The lowest BCUT2D eigenvalue weighted by molar-refractivity contribution is -0.147. The molecule has 0 radical (unpaired) electrons. The Morgan fingerprint density at radius 1 is 0.569 bits per heavy atom. The zero-order valence-corrected chi connectivity index (χ0v) is 39.1. The van der Waals surface area contributed by atoms with E-state index in [-0.39, 0.29) is 99.0 Å². The largest absolute Gasteiger partial charge is 0.480 e. The number of fused-ring (bicyclic) bond motifs is 3. The zero-order valence-electron chi connectivity index (χ0n) is 37.5. The Kier molecular flexibility index (Phi) is 29.9. The van der Waals surface area contributed by atoms with Crippen LogP contribution in [-0.4, -0.2) is 97.2 Å². The van der Waals surface area contributed by atoms with E-state index in [0.717, 1.165) is 29.9 Å². The molecule has 6 rings (SSSR count). The van der Waals surface area contributed by atoms with Gasteiger partial charge in [-0.2, -0.15) is 0 Å². The van der Waals surface area contributed by atoms with Crippen LogP contribution in [0.25, 0.3) is 0 Å². The molecule has 3 aromatic carbocycles. The van der Waals surface area contributed by atoms with Crippen LogP contribution in [0.3, 0.4) is 0 Å². The predicted octanol–water partition coefficient (Wildman–Crippen LogP) is 6.11. The number of rotatable bonds is 16. The molecule has 8 N–H and O–H groups in total. The maximum absolute atomic E-state index is 11.6. The van der Waals surface area contributed by atoms with Gasteiger partial charge in [0.25, 0.3) is 0 Å².